The topological polar surface area (TPSA) is 120 Å². The second-order valence-corrected chi connectivity index (χ2v) is 7.79. The van der Waals surface area contributed by atoms with Gasteiger partial charge >= 0.3 is 11.4 Å². The van der Waals surface area contributed by atoms with Gasteiger partial charge in [0.1, 0.15) is 19.0 Å². The lowest BCUT2D eigenvalue weighted by atomic mass is 9.98. The molecule has 34 heavy (non-hydrogen) atoms. The van der Waals surface area contributed by atoms with E-state index in [1.165, 1.54) is 0 Å². The first-order valence-electron chi connectivity index (χ1n) is 10.8. The van der Waals surface area contributed by atoms with E-state index in [9.17, 15) is 9.59 Å². The lowest BCUT2D eigenvalue weighted by molar-refractivity contribution is 0.196. The number of benzene rings is 2. The van der Waals surface area contributed by atoms with Gasteiger partial charge in [0.2, 0.25) is 5.88 Å². The number of aryl methyl sites for hydroxylation is 2. The van der Waals surface area contributed by atoms with E-state index in [0.29, 0.717) is 18.2 Å². The molecule has 9 heteroatoms. The molecule has 0 radical (unpaired) electrons. The van der Waals surface area contributed by atoms with Crippen molar-refractivity contribution in [3.05, 3.63) is 98.0 Å². The molecule has 2 heterocycles. The summed E-state index contributed by atoms with van der Waals surface area (Å²) < 4.78 is 17.1. The van der Waals surface area contributed by atoms with Crippen LogP contribution in [0.15, 0.2) is 68.7 Å². The number of aliphatic hydroxyl groups is 1. The number of H-pyrrole nitrogens is 1. The molecule has 0 spiro atoms. The molecule has 176 valence electrons. The quantitative estimate of drug-likeness (QED) is 0.392. The molecule has 0 aliphatic rings. The number of ether oxygens (including phenoxy) is 2. The number of aliphatic hydroxyl groups excluding tert-OH is 1. The minimum atomic E-state index is -0.778. The van der Waals surface area contributed by atoms with Crippen LogP contribution >= 0.6 is 0 Å². The van der Waals surface area contributed by atoms with Gasteiger partial charge in [-0.3, -0.25) is 0 Å². The Morgan fingerprint density at radius 2 is 1.82 bits per heavy atom. The molecule has 2 aromatic carbocycles. The smallest absolute Gasteiger partial charge is 0.440 e. The van der Waals surface area contributed by atoms with Crippen LogP contribution in [0.4, 0.5) is 0 Å². The molecule has 0 saturated carbocycles. The molecule has 9 nitrogen and oxygen atoms in total. The van der Waals surface area contributed by atoms with Crippen LogP contribution in [0.5, 0.6) is 11.6 Å². The molecular formula is C25H25N3O6. The van der Waals surface area contributed by atoms with E-state index in [2.05, 4.69) is 16.0 Å². The number of rotatable bonds is 9. The third-order valence-corrected chi connectivity index (χ3v) is 5.21. The highest BCUT2D eigenvalue weighted by atomic mass is 16.5. The molecule has 0 aliphatic heterocycles. The first-order chi connectivity index (χ1) is 16.4. The van der Waals surface area contributed by atoms with Gasteiger partial charge in [0.05, 0.1) is 13.2 Å². The normalized spacial score (nSPS) is 10.9. The summed E-state index contributed by atoms with van der Waals surface area (Å²) in [6.07, 6.45) is 0. The molecule has 0 atom stereocenters. The Balaban J connectivity index is 1.43. The summed E-state index contributed by atoms with van der Waals surface area (Å²) in [6, 6.07) is 17.2. The van der Waals surface area contributed by atoms with Crippen molar-refractivity contribution in [2.24, 2.45) is 0 Å². The third kappa shape index (κ3) is 5.44. The third-order valence-electron chi connectivity index (χ3n) is 5.21. The van der Waals surface area contributed by atoms with E-state index in [-0.39, 0.29) is 19.8 Å². The minimum Gasteiger partial charge on any atom is -0.489 e. The van der Waals surface area contributed by atoms with Crippen molar-refractivity contribution in [2.45, 2.75) is 27.0 Å². The summed E-state index contributed by atoms with van der Waals surface area (Å²) in [4.78, 5) is 29.2. The molecule has 0 unspecified atom stereocenters. The zero-order chi connectivity index (χ0) is 24.1. The Bertz CT molecular complexity index is 1360. The van der Waals surface area contributed by atoms with Gasteiger partial charge in [-0.15, -0.1) is 4.74 Å². The van der Waals surface area contributed by atoms with Crippen LogP contribution in [0, 0.1) is 13.8 Å². The number of aromatic nitrogens is 3. The fourth-order valence-electron chi connectivity index (χ4n) is 3.72. The van der Waals surface area contributed by atoms with Gasteiger partial charge in [0, 0.05) is 17.3 Å². The molecule has 0 amide bonds. The van der Waals surface area contributed by atoms with Crippen molar-refractivity contribution in [2.75, 3.05) is 13.2 Å². The van der Waals surface area contributed by atoms with Crippen molar-refractivity contribution >= 4 is 0 Å². The predicted molar refractivity (Wildman–Crippen MR) is 125 cm³/mol. The van der Waals surface area contributed by atoms with Crippen LogP contribution in [-0.2, 0) is 13.2 Å². The van der Waals surface area contributed by atoms with Crippen LogP contribution < -0.4 is 20.9 Å². The predicted octanol–water partition coefficient (Wildman–Crippen LogP) is 2.81. The van der Waals surface area contributed by atoms with Gasteiger partial charge in [-0.05, 0) is 54.3 Å². The number of hydrogen-bond acceptors (Lipinski definition) is 7. The maximum Gasteiger partial charge on any atom is 0.440 e. The summed E-state index contributed by atoms with van der Waals surface area (Å²) in [6.45, 7) is 4.62. The Kier molecular flexibility index (Phi) is 6.93. The van der Waals surface area contributed by atoms with E-state index in [1.807, 2.05) is 50.2 Å². The highest BCUT2D eigenvalue weighted by Crippen LogP contribution is 2.29. The summed E-state index contributed by atoms with van der Waals surface area (Å²) in [5.41, 5.74) is 5.16. The summed E-state index contributed by atoms with van der Waals surface area (Å²) >= 11 is 0. The second-order valence-electron chi connectivity index (χ2n) is 7.79. The molecule has 4 aromatic rings. The minimum absolute atomic E-state index is 0.0582. The summed E-state index contributed by atoms with van der Waals surface area (Å²) in [7, 11) is 0. The van der Waals surface area contributed by atoms with Crippen molar-refractivity contribution in [3.8, 4) is 22.8 Å². The van der Waals surface area contributed by atoms with E-state index >= 15 is 0 Å². The summed E-state index contributed by atoms with van der Waals surface area (Å²) in [5, 5.41) is 8.95. The maximum absolute atomic E-state index is 11.6. The molecule has 2 N–H and O–H groups in total. The number of pyridine rings is 1. The van der Waals surface area contributed by atoms with Gasteiger partial charge in [-0.1, -0.05) is 30.3 Å². The molecule has 0 bridgehead atoms. The fraction of sp³-hybridized carbons (Fsp3) is 0.240. The largest absolute Gasteiger partial charge is 0.489 e. The number of nitrogens with one attached hydrogen (secondary N) is 1. The average Bonchev–Trinajstić information content (AvgIpc) is 3.13. The van der Waals surface area contributed by atoms with E-state index in [0.717, 1.165) is 38.3 Å². The maximum atomic E-state index is 11.6. The van der Waals surface area contributed by atoms with Crippen LogP contribution in [0.1, 0.15) is 22.4 Å². The Labute approximate surface area is 195 Å². The second kappa shape index (κ2) is 10.2. The Hall–Kier alpha value is -4.11. The highest BCUT2D eigenvalue weighted by molar-refractivity contribution is 5.70. The Morgan fingerprint density at radius 1 is 1.03 bits per heavy atom. The number of hydrogen-bond donors (Lipinski definition) is 2. The first-order valence-corrected chi connectivity index (χ1v) is 10.8. The SMILES string of the molecule is Cc1cc(OCCO)nc(C)c1-c1cccc(COc2ccc(Cn3oc(=O)[nH]c3=O)cc2)c1. The van der Waals surface area contributed by atoms with E-state index in [4.69, 9.17) is 19.1 Å². The number of nitrogens with zero attached hydrogens (tertiary/aromatic N) is 2. The van der Waals surface area contributed by atoms with Crippen molar-refractivity contribution in [3.63, 3.8) is 0 Å². The molecule has 2 aromatic heterocycles. The molecule has 4 rings (SSSR count). The molecular weight excluding hydrogens is 438 g/mol. The highest BCUT2D eigenvalue weighted by Gasteiger charge is 2.11. The first kappa shape index (κ1) is 23.1. The Morgan fingerprint density at radius 3 is 2.50 bits per heavy atom. The number of aromatic amines is 1. The van der Waals surface area contributed by atoms with E-state index in [1.54, 1.807) is 12.1 Å². The lowest BCUT2D eigenvalue weighted by Crippen LogP contribution is -2.17. The van der Waals surface area contributed by atoms with Gasteiger partial charge in [-0.2, -0.15) is 0 Å². The molecule has 0 saturated heterocycles. The van der Waals surface area contributed by atoms with Gasteiger partial charge in [0.15, 0.2) is 0 Å². The lowest BCUT2D eigenvalue weighted by Gasteiger charge is -2.14. The van der Waals surface area contributed by atoms with Crippen LogP contribution in [0.2, 0.25) is 0 Å². The molecule has 0 aliphatic carbocycles. The van der Waals surface area contributed by atoms with E-state index < -0.39 is 11.4 Å². The van der Waals surface area contributed by atoms with Crippen molar-refractivity contribution < 1.29 is 19.1 Å². The van der Waals surface area contributed by atoms with Crippen molar-refractivity contribution in [1.82, 2.24) is 14.7 Å². The zero-order valence-corrected chi connectivity index (χ0v) is 18.9. The van der Waals surface area contributed by atoms with Gasteiger partial charge in [0.25, 0.3) is 0 Å². The van der Waals surface area contributed by atoms with Crippen molar-refractivity contribution in [1.29, 1.82) is 0 Å². The van der Waals surface area contributed by atoms with Crippen LogP contribution in [0.3, 0.4) is 0 Å². The van der Waals surface area contributed by atoms with Crippen LogP contribution in [-0.4, -0.2) is 33.0 Å². The summed E-state index contributed by atoms with van der Waals surface area (Å²) in [5.74, 6) is 0.398. The fourth-order valence-corrected chi connectivity index (χ4v) is 3.72. The average molecular weight is 463 g/mol. The van der Waals surface area contributed by atoms with Gasteiger partial charge in [-0.25, -0.2) is 19.6 Å². The standard InChI is InChI=1S/C25H25N3O6/c1-16-12-22(32-11-10-29)26-17(2)23(16)20-5-3-4-19(13-20)15-33-21-8-6-18(7-9-21)14-28-24(30)27-25(31)34-28/h3-9,12-13,29H,10-11,14-15H2,1-2H3,(H,27,30,31). The van der Waals surface area contributed by atoms with Crippen LogP contribution in [0.25, 0.3) is 11.1 Å². The van der Waals surface area contributed by atoms with Gasteiger partial charge < -0.3 is 19.1 Å². The monoisotopic (exact) mass is 463 g/mol. The zero-order valence-electron chi connectivity index (χ0n) is 18.9. The molecule has 0 fully saturated rings.